The van der Waals surface area contributed by atoms with Crippen LogP contribution in [0.5, 0.6) is 0 Å². The van der Waals surface area contributed by atoms with Gasteiger partial charge in [-0.15, -0.1) is 34.2 Å². The van der Waals surface area contributed by atoms with Crippen LogP contribution in [0, 0.1) is 0 Å². The van der Waals surface area contributed by atoms with Gasteiger partial charge in [0.05, 0.1) is 0 Å². The highest BCUT2D eigenvalue weighted by Crippen LogP contribution is 2.18. The topological polar surface area (TPSA) is 61.6 Å². The van der Waals surface area contributed by atoms with Crippen molar-refractivity contribution in [2.45, 2.75) is 64.5 Å². The van der Waals surface area contributed by atoms with Crippen LogP contribution in [-0.2, 0) is 19.4 Å². The van der Waals surface area contributed by atoms with Crippen molar-refractivity contribution in [2.75, 3.05) is 39.3 Å². The average Bonchev–Trinajstić information content (AvgIpc) is 3.43. The van der Waals surface area contributed by atoms with E-state index in [0.717, 1.165) is 76.9 Å². The molecule has 1 aromatic rings. The number of halogens is 1. The molecule has 0 radical (unpaired) electrons. The van der Waals surface area contributed by atoms with E-state index in [2.05, 4.69) is 49.0 Å². The Hall–Kier alpha value is -1.16. The van der Waals surface area contributed by atoms with Crippen molar-refractivity contribution in [1.82, 2.24) is 29.9 Å². The van der Waals surface area contributed by atoms with Gasteiger partial charge in [0, 0.05) is 64.7 Å². The number of nitrogens with one attached hydrogen (secondary N) is 1. The maximum Gasteiger partial charge on any atom is 0.193 e. The zero-order valence-corrected chi connectivity index (χ0v) is 20.1. The normalized spacial score (nSPS) is 22.4. The third-order valence-corrected chi connectivity index (χ3v) is 6.17. The summed E-state index contributed by atoms with van der Waals surface area (Å²) in [4.78, 5) is 9.94. The number of aryl methyl sites for hydroxylation is 2. The quantitative estimate of drug-likeness (QED) is 0.208. The van der Waals surface area contributed by atoms with Crippen molar-refractivity contribution < 1.29 is 0 Å². The Labute approximate surface area is 192 Å². The molecule has 1 aromatic heterocycles. The molecule has 1 fully saturated rings. The molecule has 0 spiro atoms. The summed E-state index contributed by atoms with van der Waals surface area (Å²) in [6.45, 7) is 9.41. The van der Waals surface area contributed by atoms with Crippen LogP contribution in [0.1, 0.15) is 50.7 Å². The minimum Gasteiger partial charge on any atom is -0.357 e. The van der Waals surface area contributed by atoms with Crippen LogP contribution >= 0.6 is 24.0 Å². The highest BCUT2D eigenvalue weighted by atomic mass is 127. The summed E-state index contributed by atoms with van der Waals surface area (Å²) in [6, 6.07) is 0.658. The van der Waals surface area contributed by atoms with E-state index in [9.17, 15) is 0 Å². The maximum atomic E-state index is 4.93. The molecule has 0 aromatic carbocycles. The molecule has 1 atom stereocenters. The highest BCUT2D eigenvalue weighted by Gasteiger charge is 2.29. The van der Waals surface area contributed by atoms with Gasteiger partial charge in [0.1, 0.15) is 11.6 Å². The van der Waals surface area contributed by atoms with Crippen LogP contribution in [-0.4, -0.2) is 75.8 Å². The Balaban J connectivity index is 0.00000240. The van der Waals surface area contributed by atoms with Gasteiger partial charge in [0.25, 0.3) is 0 Å². The molecule has 29 heavy (non-hydrogen) atoms. The lowest BCUT2D eigenvalue weighted by Gasteiger charge is -2.25. The zero-order chi connectivity index (χ0) is 19.2. The fraction of sp³-hybridized carbons (Fsp3) is 0.762. The molecule has 4 heterocycles. The second-order valence-electron chi connectivity index (χ2n) is 8.15. The first-order valence-corrected chi connectivity index (χ1v) is 11.2. The molecule has 1 N–H and O–H groups in total. The fourth-order valence-electron chi connectivity index (χ4n) is 4.60. The summed E-state index contributed by atoms with van der Waals surface area (Å²) >= 11 is 0. The van der Waals surface area contributed by atoms with Crippen molar-refractivity contribution in [3.8, 4) is 0 Å². The fourth-order valence-corrected chi connectivity index (χ4v) is 4.60. The van der Waals surface area contributed by atoms with Gasteiger partial charge in [0.15, 0.2) is 5.96 Å². The van der Waals surface area contributed by atoms with Crippen LogP contribution in [0.2, 0.25) is 0 Å². The molecule has 1 saturated heterocycles. The maximum absolute atomic E-state index is 4.93. The molecule has 0 aliphatic carbocycles. The summed E-state index contributed by atoms with van der Waals surface area (Å²) < 4.78 is 2.36. The lowest BCUT2D eigenvalue weighted by atomic mass is 10.2. The third-order valence-electron chi connectivity index (χ3n) is 6.17. The number of nitrogens with zero attached hydrogens (tertiary/aromatic N) is 6. The number of fused-ring (bicyclic) bond motifs is 1. The van der Waals surface area contributed by atoms with Crippen molar-refractivity contribution in [1.29, 1.82) is 0 Å². The van der Waals surface area contributed by atoms with Gasteiger partial charge < -0.3 is 14.8 Å². The minimum atomic E-state index is 0. The van der Waals surface area contributed by atoms with Crippen LogP contribution in [0.15, 0.2) is 17.1 Å². The predicted molar refractivity (Wildman–Crippen MR) is 128 cm³/mol. The number of rotatable bonds is 6. The molecular formula is C21H36IN7. The molecule has 3 aliphatic rings. The summed E-state index contributed by atoms with van der Waals surface area (Å²) in [5.41, 5.74) is 0. The second-order valence-corrected chi connectivity index (χ2v) is 8.15. The smallest absolute Gasteiger partial charge is 0.193 e. The Bertz CT molecular complexity index is 691. The van der Waals surface area contributed by atoms with E-state index in [-0.39, 0.29) is 24.0 Å². The van der Waals surface area contributed by atoms with Crippen molar-refractivity contribution >= 4 is 29.9 Å². The van der Waals surface area contributed by atoms with E-state index in [0.29, 0.717) is 6.04 Å². The van der Waals surface area contributed by atoms with Gasteiger partial charge in [-0.2, -0.15) is 0 Å². The Morgan fingerprint density at radius 3 is 2.86 bits per heavy atom. The SMILES string of the molecule is CCNC(=NCCCc1nnc2n1CCCCC2)N1CCC(N2CC=CC2)C1.I. The number of aromatic nitrogens is 3. The Morgan fingerprint density at radius 1 is 1.17 bits per heavy atom. The lowest BCUT2D eigenvalue weighted by Crippen LogP contribution is -2.42. The number of hydrogen-bond donors (Lipinski definition) is 1. The van der Waals surface area contributed by atoms with Crippen molar-refractivity contribution in [2.24, 2.45) is 4.99 Å². The van der Waals surface area contributed by atoms with Crippen LogP contribution in [0.25, 0.3) is 0 Å². The number of likely N-dealkylation sites (tertiary alicyclic amines) is 1. The molecule has 162 valence electrons. The van der Waals surface area contributed by atoms with E-state index in [1.807, 2.05) is 0 Å². The van der Waals surface area contributed by atoms with Crippen LogP contribution < -0.4 is 5.32 Å². The molecule has 4 rings (SSSR count). The molecule has 3 aliphatic heterocycles. The first-order chi connectivity index (χ1) is 13.8. The summed E-state index contributed by atoms with van der Waals surface area (Å²) in [5.74, 6) is 3.42. The number of guanidine groups is 1. The Morgan fingerprint density at radius 2 is 2.03 bits per heavy atom. The summed E-state index contributed by atoms with van der Waals surface area (Å²) in [7, 11) is 0. The predicted octanol–water partition coefficient (Wildman–Crippen LogP) is 2.47. The van der Waals surface area contributed by atoms with E-state index >= 15 is 0 Å². The van der Waals surface area contributed by atoms with Gasteiger partial charge >= 0.3 is 0 Å². The lowest BCUT2D eigenvalue weighted by molar-refractivity contribution is 0.259. The van der Waals surface area contributed by atoms with E-state index in [1.165, 1.54) is 31.5 Å². The first-order valence-electron chi connectivity index (χ1n) is 11.2. The monoisotopic (exact) mass is 513 g/mol. The van der Waals surface area contributed by atoms with E-state index in [1.54, 1.807) is 0 Å². The van der Waals surface area contributed by atoms with Gasteiger partial charge in [-0.3, -0.25) is 9.89 Å². The molecule has 1 unspecified atom stereocenters. The van der Waals surface area contributed by atoms with Crippen molar-refractivity contribution in [3.63, 3.8) is 0 Å². The first kappa shape index (κ1) is 22.5. The molecule has 0 saturated carbocycles. The van der Waals surface area contributed by atoms with Gasteiger partial charge in [0.2, 0.25) is 0 Å². The van der Waals surface area contributed by atoms with Crippen LogP contribution in [0.3, 0.4) is 0 Å². The molecule has 0 bridgehead atoms. The standard InChI is InChI=1S/C21H35N7.HI/c1-2-22-21(27-16-11-18(17-27)26-13-6-7-14-26)23-12-8-10-20-25-24-19-9-4-3-5-15-28(19)20;/h6-7,18H,2-5,8-17H2,1H3,(H,22,23);1H. The molecular weight excluding hydrogens is 477 g/mol. The third kappa shape index (κ3) is 5.71. The summed E-state index contributed by atoms with van der Waals surface area (Å²) in [6.07, 6.45) is 12.7. The van der Waals surface area contributed by atoms with Gasteiger partial charge in [-0.05, 0) is 32.6 Å². The number of hydrogen-bond acceptors (Lipinski definition) is 4. The van der Waals surface area contributed by atoms with Crippen molar-refractivity contribution in [3.05, 3.63) is 23.8 Å². The zero-order valence-electron chi connectivity index (χ0n) is 17.7. The largest absolute Gasteiger partial charge is 0.357 e. The number of aliphatic imine (C=N–C) groups is 1. The molecule has 8 heteroatoms. The minimum absolute atomic E-state index is 0. The van der Waals surface area contributed by atoms with Crippen LogP contribution in [0.4, 0.5) is 0 Å². The summed E-state index contributed by atoms with van der Waals surface area (Å²) in [5, 5.41) is 12.4. The van der Waals surface area contributed by atoms with Gasteiger partial charge in [-0.25, -0.2) is 0 Å². The van der Waals surface area contributed by atoms with E-state index in [4.69, 9.17) is 4.99 Å². The highest BCUT2D eigenvalue weighted by molar-refractivity contribution is 14.0. The molecule has 0 amide bonds. The average molecular weight is 513 g/mol. The molecule has 7 nitrogen and oxygen atoms in total. The van der Waals surface area contributed by atoms with E-state index < -0.39 is 0 Å². The Kier molecular flexibility index (Phi) is 8.77. The van der Waals surface area contributed by atoms with Gasteiger partial charge in [-0.1, -0.05) is 18.6 Å². The second kappa shape index (κ2) is 11.3.